The van der Waals surface area contributed by atoms with Crippen molar-refractivity contribution in [2.75, 3.05) is 27.9 Å². The molecule has 0 aliphatic carbocycles. The predicted molar refractivity (Wildman–Crippen MR) is 117 cm³/mol. The van der Waals surface area contributed by atoms with E-state index in [1.54, 1.807) is 12.1 Å². The molecule has 0 radical (unpaired) electrons. The molecule has 5 atom stereocenters. The third-order valence-corrected chi connectivity index (χ3v) is 5.03. The van der Waals surface area contributed by atoms with Gasteiger partial charge in [0.2, 0.25) is 0 Å². The van der Waals surface area contributed by atoms with Crippen LogP contribution in [-0.4, -0.2) is 76.2 Å². The van der Waals surface area contributed by atoms with E-state index in [1.807, 2.05) is 0 Å². The number of carbonyl (C=O) groups excluding carboxylic acids is 4. The van der Waals surface area contributed by atoms with E-state index < -0.39 is 54.4 Å². The Morgan fingerprint density at radius 3 is 1.63 bits per heavy atom. The molecule has 0 aromatic heterocycles. The lowest BCUT2D eigenvalue weighted by molar-refractivity contribution is -0.254. The molecule has 12 nitrogen and oxygen atoms in total. The number of hydrogen-bond donors (Lipinski definition) is 0. The largest absolute Gasteiger partial charge is 0.496 e. The van der Waals surface area contributed by atoms with Crippen molar-refractivity contribution in [3.8, 4) is 17.2 Å². The molecule has 35 heavy (non-hydrogen) atoms. The van der Waals surface area contributed by atoms with E-state index in [4.69, 9.17) is 37.9 Å². The van der Waals surface area contributed by atoms with E-state index in [2.05, 4.69) is 0 Å². The maximum atomic E-state index is 12.1. The highest BCUT2D eigenvalue weighted by molar-refractivity contribution is 5.69. The summed E-state index contributed by atoms with van der Waals surface area (Å²) in [4.78, 5) is 47.5. The summed E-state index contributed by atoms with van der Waals surface area (Å²) in [5.74, 6) is -1.87. The fourth-order valence-electron chi connectivity index (χ4n) is 3.77. The number of rotatable bonds is 9. The molecular weight excluding hydrogens is 468 g/mol. The number of hydrogen-bond acceptors (Lipinski definition) is 12. The molecule has 0 saturated carbocycles. The summed E-state index contributed by atoms with van der Waals surface area (Å²) >= 11 is 0. The monoisotopic (exact) mass is 498 g/mol. The highest BCUT2D eigenvalue weighted by Crippen LogP contribution is 2.46. The third kappa shape index (κ3) is 6.98. The quantitative estimate of drug-likeness (QED) is 0.360. The Bertz CT molecular complexity index is 917. The molecule has 1 heterocycles. The van der Waals surface area contributed by atoms with Gasteiger partial charge in [0.25, 0.3) is 0 Å². The van der Waals surface area contributed by atoms with E-state index in [0.717, 1.165) is 20.8 Å². The maximum Gasteiger partial charge on any atom is 0.303 e. The van der Waals surface area contributed by atoms with Gasteiger partial charge in [0.1, 0.15) is 36.1 Å². The zero-order chi connectivity index (χ0) is 26.3. The second-order valence-corrected chi connectivity index (χ2v) is 7.57. The van der Waals surface area contributed by atoms with Gasteiger partial charge < -0.3 is 37.9 Å². The van der Waals surface area contributed by atoms with Crippen LogP contribution in [0.4, 0.5) is 0 Å². The molecule has 1 aromatic carbocycles. The lowest BCUT2D eigenvalue weighted by atomic mass is 9.89. The van der Waals surface area contributed by atoms with Crippen LogP contribution < -0.4 is 14.2 Å². The van der Waals surface area contributed by atoms with Crippen molar-refractivity contribution < 1.29 is 57.1 Å². The van der Waals surface area contributed by atoms with Gasteiger partial charge in [-0.25, -0.2) is 0 Å². The summed E-state index contributed by atoms with van der Waals surface area (Å²) in [6.45, 7) is 4.30. The van der Waals surface area contributed by atoms with Crippen LogP contribution in [0.2, 0.25) is 0 Å². The van der Waals surface area contributed by atoms with Crippen molar-refractivity contribution in [2.45, 2.75) is 58.2 Å². The highest BCUT2D eigenvalue weighted by atomic mass is 16.7. The molecular formula is C23H30O12. The van der Waals surface area contributed by atoms with Crippen molar-refractivity contribution in [3.05, 3.63) is 17.7 Å². The van der Waals surface area contributed by atoms with Crippen LogP contribution >= 0.6 is 0 Å². The first-order valence-electron chi connectivity index (χ1n) is 10.6. The van der Waals surface area contributed by atoms with Crippen molar-refractivity contribution in [1.29, 1.82) is 0 Å². The first-order valence-corrected chi connectivity index (χ1v) is 10.6. The van der Waals surface area contributed by atoms with Gasteiger partial charge in [0.15, 0.2) is 18.3 Å². The predicted octanol–water partition coefficient (Wildman–Crippen LogP) is 1.51. The molecule has 0 unspecified atom stereocenters. The van der Waals surface area contributed by atoms with Gasteiger partial charge in [-0.1, -0.05) is 0 Å². The molecule has 1 aliphatic heterocycles. The van der Waals surface area contributed by atoms with Crippen LogP contribution in [-0.2, 0) is 42.9 Å². The molecule has 0 N–H and O–H groups in total. The van der Waals surface area contributed by atoms with Crippen LogP contribution in [0.3, 0.4) is 0 Å². The Morgan fingerprint density at radius 2 is 1.20 bits per heavy atom. The molecule has 1 fully saturated rings. The summed E-state index contributed by atoms with van der Waals surface area (Å²) in [7, 11) is 4.27. The van der Waals surface area contributed by atoms with Gasteiger partial charge in [-0.15, -0.1) is 0 Å². The molecule has 2 rings (SSSR count). The second kappa shape index (κ2) is 12.2. The number of benzene rings is 1. The standard InChI is InChI=1S/C23H30O12/c1-11(24)31-10-18-20(32-12(2)25)22(33-13(3)26)23(34-14(4)27)21(35-18)19-16(29-6)8-15(28-5)9-17(19)30-7/h8-9,18,20-23H,10H2,1-7H3/t18-,20-,21+,22+,23+/m1/s1. The zero-order valence-corrected chi connectivity index (χ0v) is 20.6. The summed E-state index contributed by atoms with van der Waals surface area (Å²) in [6.07, 6.45) is -6.17. The molecule has 0 amide bonds. The smallest absolute Gasteiger partial charge is 0.303 e. The number of methoxy groups -OCH3 is 3. The first-order chi connectivity index (χ1) is 16.5. The number of ether oxygens (including phenoxy) is 8. The number of carbonyl (C=O) groups is 4. The number of esters is 4. The van der Waals surface area contributed by atoms with E-state index in [0.29, 0.717) is 11.3 Å². The average Bonchev–Trinajstić information content (AvgIpc) is 2.78. The van der Waals surface area contributed by atoms with Crippen molar-refractivity contribution >= 4 is 23.9 Å². The van der Waals surface area contributed by atoms with Crippen molar-refractivity contribution in [1.82, 2.24) is 0 Å². The molecule has 0 bridgehead atoms. The summed E-state index contributed by atoms with van der Waals surface area (Å²) in [5.41, 5.74) is 0.299. The van der Waals surface area contributed by atoms with Gasteiger partial charge in [0, 0.05) is 39.8 Å². The SMILES string of the molecule is COc1cc(OC)c([C@@H]2O[C@H](COC(C)=O)[C@@H](OC(C)=O)[C@H](OC(C)=O)[C@H]2OC(C)=O)c(OC)c1. The fraction of sp³-hybridized carbons (Fsp3) is 0.565. The van der Waals surface area contributed by atoms with E-state index in [9.17, 15) is 19.2 Å². The molecule has 1 aromatic rings. The van der Waals surface area contributed by atoms with Gasteiger partial charge in [-0.05, 0) is 0 Å². The highest BCUT2D eigenvalue weighted by Gasteiger charge is 2.53. The Morgan fingerprint density at radius 1 is 0.714 bits per heavy atom. The van der Waals surface area contributed by atoms with E-state index in [-0.39, 0.29) is 18.1 Å². The molecule has 194 valence electrons. The summed E-state index contributed by atoms with van der Waals surface area (Å²) in [5, 5.41) is 0. The average molecular weight is 498 g/mol. The Kier molecular flexibility index (Phi) is 9.69. The van der Waals surface area contributed by atoms with Crippen LogP contribution in [0, 0.1) is 0 Å². The second-order valence-electron chi connectivity index (χ2n) is 7.57. The minimum absolute atomic E-state index is 0.252. The van der Waals surface area contributed by atoms with Crippen molar-refractivity contribution in [2.24, 2.45) is 0 Å². The fourth-order valence-corrected chi connectivity index (χ4v) is 3.77. The maximum absolute atomic E-state index is 12.1. The molecule has 1 saturated heterocycles. The van der Waals surface area contributed by atoms with Crippen LogP contribution in [0.15, 0.2) is 12.1 Å². The lowest BCUT2D eigenvalue weighted by Crippen LogP contribution is -2.59. The minimum atomic E-state index is -1.32. The van der Waals surface area contributed by atoms with Gasteiger partial charge in [-0.2, -0.15) is 0 Å². The molecule has 12 heteroatoms. The van der Waals surface area contributed by atoms with Gasteiger partial charge in [0.05, 0.1) is 26.9 Å². The minimum Gasteiger partial charge on any atom is -0.496 e. The molecule has 0 spiro atoms. The third-order valence-electron chi connectivity index (χ3n) is 5.03. The normalized spacial score (nSPS) is 23.5. The zero-order valence-electron chi connectivity index (χ0n) is 20.6. The topological polar surface area (TPSA) is 142 Å². The lowest BCUT2D eigenvalue weighted by Gasteiger charge is -2.45. The van der Waals surface area contributed by atoms with Crippen LogP contribution in [0.25, 0.3) is 0 Å². The van der Waals surface area contributed by atoms with Gasteiger partial charge in [-0.3, -0.25) is 19.2 Å². The summed E-state index contributed by atoms with van der Waals surface area (Å²) < 4.78 is 44.0. The summed E-state index contributed by atoms with van der Waals surface area (Å²) in [6, 6.07) is 3.12. The van der Waals surface area contributed by atoms with Crippen LogP contribution in [0.5, 0.6) is 17.2 Å². The van der Waals surface area contributed by atoms with Gasteiger partial charge >= 0.3 is 23.9 Å². The van der Waals surface area contributed by atoms with E-state index >= 15 is 0 Å². The Balaban J connectivity index is 2.74. The Hall–Kier alpha value is -3.54. The Labute approximate surface area is 202 Å². The first kappa shape index (κ1) is 27.7. The van der Waals surface area contributed by atoms with Crippen molar-refractivity contribution in [3.63, 3.8) is 0 Å². The van der Waals surface area contributed by atoms with Crippen LogP contribution in [0.1, 0.15) is 39.4 Å². The molecule has 1 aliphatic rings. The van der Waals surface area contributed by atoms with E-state index in [1.165, 1.54) is 28.3 Å².